The molecule has 4 N–H and O–H groups in total. The molecule has 2 aromatic heterocycles. The van der Waals surface area contributed by atoms with Gasteiger partial charge in [-0.15, -0.1) is 0 Å². The van der Waals surface area contributed by atoms with Crippen molar-refractivity contribution in [2.24, 2.45) is 5.84 Å². The number of aromatic nitrogens is 3. The SMILES string of the molecule is CCCc1nc2c(NN)nc(C)c(C)c2n1CC(C)(C)NC(C)=O. The Bertz CT molecular complexity index is 762. The summed E-state index contributed by atoms with van der Waals surface area (Å²) >= 11 is 0. The molecule has 0 unspecified atom stereocenters. The van der Waals surface area contributed by atoms with E-state index in [0.29, 0.717) is 12.4 Å². The molecule has 0 aliphatic rings. The van der Waals surface area contributed by atoms with E-state index in [1.54, 1.807) is 0 Å². The molecule has 0 radical (unpaired) electrons. The van der Waals surface area contributed by atoms with Crippen molar-refractivity contribution in [3.05, 3.63) is 17.1 Å². The molecule has 0 saturated heterocycles. The summed E-state index contributed by atoms with van der Waals surface area (Å²) in [7, 11) is 0. The van der Waals surface area contributed by atoms with Crippen LogP contribution in [0.3, 0.4) is 0 Å². The van der Waals surface area contributed by atoms with E-state index in [0.717, 1.165) is 41.0 Å². The molecule has 0 bridgehead atoms. The van der Waals surface area contributed by atoms with Crippen LogP contribution in [0, 0.1) is 13.8 Å². The Morgan fingerprint density at radius 1 is 1.29 bits per heavy atom. The van der Waals surface area contributed by atoms with Crippen LogP contribution in [0.1, 0.15) is 51.2 Å². The van der Waals surface area contributed by atoms with E-state index in [4.69, 9.17) is 10.8 Å². The van der Waals surface area contributed by atoms with Crippen LogP contribution in [0.15, 0.2) is 0 Å². The fourth-order valence-corrected chi connectivity index (χ4v) is 3.12. The van der Waals surface area contributed by atoms with Crippen LogP contribution in [0.25, 0.3) is 11.0 Å². The maximum absolute atomic E-state index is 11.5. The summed E-state index contributed by atoms with van der Waals surface area (Å²) in [5, 5.41) is 3.01. The summed E-state index contributed by atoms with van der Waals surface area (Å²) in [4.78, 5) is 20.8. The topological polar surface area (TPSA) is 97.9 Å². The first-order valence-corrected chi connectivity index (χ1v) is 8.31. The van der Waals surface area contributed by atoms with Crippen LogP contribution in [0.2, 0.25) is 0 Å². The van der Waals surface area contributed by atoms with Crippen molar-refractivity contribution in [3.63, 3.8) is 0 Å². The Morgan fingerprint density at radius 2 is 1.96 bits per heavy atom. The minimum atomic E-state index is -0.387. The fourth-order valence-electron chi connectivity index (χ4n) is 3.12. The molecule has 2 heterocycles. The normalized spacial score (nSPS) is 11.8. The number of nitrogens with two attached hydrogens (primary N) is 1. The number of nitrogens with zero attached hydrogens (tertiary/aromatic N) is 3. The van der Waals surface area contributed by atoms with Gasteiger partial charge in [-0.3, -0.25) is 4.79 Å². The number of amides is 1. The van der Waals surface area contributed by atoms with E-state index in [9.17, 15) is 4.79 Å². The lowest BCUT2D eigenvalue weighted by molar-refractivity contribution is -0.120. The Kier molecular flexibility index (Phi) is 5.13. The summed E-state index contributed by atoms with van der Waals surface area (Å²) in [5.74, 6) is 7.17. The van der Waals surface area contributed by atoms with E-state index in [1.165, 1.54) is 6.92 Å². The molecule has 0 aliphatic carbocycles. The molecule has 0 saturated carbocycles. The fraction of sp³-hybridized carbons (Fsp3) is 0.588. The lowest BCUT2D eigenvalue weighted by Crippen LogP contribution is -2.45. The number of nitrogens with one attached hydrogen (secondary N) is 2. The van der Waals surface area contributed by atoms with Gasteiger partial charge in [-0.05, 0) is 39.7 Å². The van der Waals surface area contributed by atoms with Crippen LogP contribution in [-0.4, -0.2) is 26.0 Å². The summed E-state index contributed by atoms with van der Waals surface area (Å²) in [6, 6.07) is 0. The Morgan fingerprint density at radius 3 is 2.50 bits per heavy atom. The first-order chi connectivity index (χ1) is 11.2. The number of hydrogen-bond acceptors (Lipinski definition) is 5. The third-order valence-corrected chi connectivity index (χ3v) is 4.13. The van der Waals surface area contributed by atoms with E-state index < -0.39 is 0 Å². The second kappa shape index (κ2) is 6.76. The van der Waals surface area contributed by atoms with Gasteiger partial charge < -0.3 is 15.3 Å². The lowest BCUT2D eigenvalue weighted by atomic mass is 10.0. The average Bonchev–Trinajstić information content (AvgIpc) is 2.80. The van der Waals surface area contributed by atoms with Gasteiger partial charge in [-0.2, -0.15) is 0 Å². The van der Waals surface area contributed by atoms with Gasteiger partial charge in [0.25, 0.3) is 0 Å². The maximum Gasteiger partial charge on any atom is 0.217 e. The number of hydrogen-bond donors (Lipinski definition) is 3. The quantitative estimate of drug-likeness (QED) is 0.556. The summed E-state index contributed by atoms with van der Waals surface area (Å²) in [6.07, 6.45) is 1.84. The highest BCUT2D eigenvalue weighted by Gasteiger charge is 2.25. The van der Waals surface area contributed by atoms with E-state index in [-0.39, 0.29) is 11.4 Å². The van der Waals surface area contributed by atoms with Crippen LogP contribution in [-0.2, 0) is 17.8 Å². The number of fused-ring (bicyclic) bond motifs is 1. The second-order valence-electron chi connectivity index (χ2n) is 6.94. The minimum Gasteiger partial charge on any atom is -0.350 e. The van der Waals surface area contributed by atoms with Gasteiger partial charge in [-0.1, -0.05) is 6.92 Å². The van der Waals surface area contributed by atoms with E-state index >= 15 is 0 Å². The van der Waals surface area contributed by atoms with Crippen molar-refractivity contribution in [3.8, 4) is 0 Å². The molecule has 132 valence electrons. The van der Waals surface area contributed by atoms with Crippen molar-refractivity contribution in [2.45, 2.75) is 66.5 Å². The van der Waals surface area contributed by atoms with Crippen LogP contribution in [0.4, 0.5) is 5.82 Å². The summed E-state index contributed by atoms with van der Waals surface area (Å²) in [5.41, 5.74) is 6.07. The summed E-state index contributed by atoms with van der Waals surface area (Å²) < 4.78 is 2.19. The van der Waals surface area contributed by atoms with Gasteiger partial charge in [0.2, 0.25) is 5.91 Å². The molecule has 0 atom stereocenters. The van der Waals surface area contributed by atoms with Gasteiger partial charge in [-0.25, -0.2) is 15.8 Å². The van der Waals surface area contributed by atoms with Gasteiger partial charge in [0.15, 0.2) is 5.82 Å². The number of aryl methyl sites for hydroxylation is 3. The minimum absolute atomic E-state index is 0.0413. The number of rotatable bonds is 6. The smallest absolute Gasteiger partial charge is 0.217 e. The molecule has 0 spiro atoms. The Labute approximate surface area is 143 Å². The summed E-state index contributed by atoms with van der Waals surface area (Å²) in [6.45, 7) is 12.3. The zero-order valence-electron chi connectivity index (χ0n) is 15.4. The Balaban J connectivity index is 2.67. The number of nitrogen functional groups attached to an aromatic ring is 1. The molecule has 24 heavy (non-hydrogen) atoms. The number of imidazole rings is 1. The van der Waals surface area contributed by atoms with Gasteiger partial charge in [0.05, 0.1) is 11.1 Å². The highest BCUT2D eigenvalue weighted by molar-refractivity contribution is 5.89. The van der Waals surface area contributed by atoms with Crippen LogP contribution in [0.5, 0.6) is 0 Å². The van der Waals surface area contributed by atoms with Gasteiger partial charge in [0, 0.05) is 25.6 Å². The standard InChI is InChI=1S/C17H28N6O/c1-7-8-13-20-14-15(10(2)11(3)19-16(14)22-18)23(13)9-17(5,6)21-12(4)24/h7-9,18H2,1-6H3,(H,19,22)(H,21,24). The predicted octanol–water partition coefficient (Wildman–Crippen LogP) is 2.20. The number of carbonyl (C=O) groups excluding carboxylic acids is 1. The first kappa shape index (κ1) is 18.2. The number of pyridine rings is 1. The highest BCUT2D eigenvalue weighted by atomic mass is 16.1. The third-order valence-electron chi connectivity index (χ3n) is 4.13. The lowest BCUT2D eigenvalue weighted by Gasteiger charge is -2.27. The molecule has 7 nitrogen and oxygen atoms in total. The second-order valence-corrected chi connectivity index (χ2v) is 6.94. The molecule has 0 aromatic carbocycles. The van der Waals surface area contributed by atoms with E-state index in [2.05, 4.69) is 27.2 Å². The number of anilines is 1. The molecule has 2 aromatic rings. The molecule has 7 heteroatoms. The van der Waals surface area contributed by atoms with Crippen LogP contribution < -0.4 is 16.6 Å². The van der Waals surface area contributed by atoms with Crippen molar-refractivity contribution in [2.75, 3.05) is 5.43 Å². The third kappa shape index (κ3) is 3.51. The van der Waals surface area contributed by atoms with Crippen molar-refractivity contribution in [1.82, 2.24) is 19.9 Å². The molecule has 1 amide bonds. The van der Waals surface area contributed by atoms with Gasteiger partial charge in [0.1, 0.15) is 11.3 Å². The number of carbonyl (C=O) groups is 1. The van der Waals surface area contributed by atoms with E-state index in [1.807, 2.05) is 27.7 Å². The molecular weight excluding hydrogens is 304 g/mol. The number of hydrazine groups is 1. The maximum atomic E-state index is 11.5. The Hall–Kier alpha value is -2.15. The molecule has 0 fully saturated rings. The van der Waals surface area contributed by atoms with Crippen molar-refractivity contribution >= 4 is 22.8 Å². The molecule has 2 rings (SSSR count). The van der Waals surface area contributed by atoms with Crippen molar-refractivity contribution in [1.29, 1.82) is 0 Å². The highest BCUT2D eigenvalue weighted by Crippen LogP contribution is 2.29. The first-order valence-electron chi connectivity index (χ1n) is 8.31. The monoisotopic (exact) mass is 332 g/mol. The zero-order valence-corrected chi connectivity index (χ0v) is 15.4. The largest absolute Gasteiger partial charge is 0.350 e. The molecular formula is C17H28N6O. The van der Waals surface area contributed by atoms with Gasteiger partial charge >= 0.3 is 0 Å². The predicted molar refractivity (Wildman–Crippen MR) is 96.7 cm³/mol. The average molecular weight is 332 g/mol. The van der Waals surface area contributed by atoms with Crippen molar-refractivity contribution < 1.29 is 4.79 Å². The zero-order chi connectivity index (χ0) is 18.1. The molecule has 0 aliphatic heterocycles. The van der Waals surface area contributed by atoms with Crippen LogP contribution >= 0.6 is 0 Å².